The molecule has 2 aliphatic heterocycles. The lowest BCUT2D eigenvalue weighted by molar-refractivity contribution is -0.140. The van der Waals surface area contributed by atoms with E-state index in [2.05, 4.69) is 10.2 Å². The van der Waals surface area contributed by atoms with E-state index >= 15 is 0 Å². The number of piperazine rings is 1. The van der Waals surface area contributed by atoms with Crippen LogP contribution in [0.1, 0.15) is 43.5 Å². The molecule has 0 saturated carbocycles. The van der Waals surface area contributed by atoms with Crippen LogP contribution in [-0.2, 0) is 10.3 Å². The zero-order chi connectivity index (χ0) is 30.6. The Morgan fingerprint density at radius 2 is 1.67 bits per heavy atom. The lowest BCUT2D eigenvalue weighted by Crippen LogP contribution is -2.60. The fraction of sp³-hybridized carbons (Fsp3) is 0.394. The molecule has 1 fully saturated rings. The molecule has 2 atom stereocenters. The van der Waals surface area contributed by atoms with Gasteiger partial charge < -0.3 is 24.8 Å². The van der Waals surface area contributed by atoms with Crippen LogP contribution < -0.4 is 14.8 Å². The molecule has 2 N–H and O–H groups in total. The van der Waals surface area contributed by atoms with E-state index in [0.29, 0.717) is 66.7 Å². The molecule has 43 heavy (non-hydrogen) atoms. The van der Waals surface area contributed by atoms with Gasteiger partial charge >= 0.3 is 0 Å². The van der Waals surface area contributed by atoms with Crippen LogP contribution in [-0.4, -0.2) is 78.7 Å². The fourth-order valence-electron chi connectivity index (χ4n) is 5.73. The van der Waals surface area contributed by atoms with Gasteiger partial charge in [-0.05, 0) is 68.3 Å². The Bertz CT molecular complexity index is 1440. The molecule has 0 spiro atoms. The summed E-state index contributed by atoms with van der Waals surface area (Å²) in [5.74, 6) is 1.75. The van der Waals surface area contributed by atoms with Crippen LogP contribution in [0, 0.1) is 0 Å². The van der Waals surface area contributed by atoms with Crippen LogP contribution in [0.5, 0.6) is 11.5 Å². The molecule has 228 valence electrons. The number of amides is 1. The maximum Gasteiger partial charge on any atom is 0.255 e. The molecule has 2 aliphatic rings. The van der Waals surface area contributed by atoms with E-state index in [1.807, 2.05) is 80.3 Å². The van der Waals surface area contributed by atoms with Crippen molar-refractivity contribution >= 4 is 34.9 Å². The van der Waals surface area contributed by atoms with Gasteiger partial charge in [0.25, 0.3) is 5.91 Å². The third-order valence-corrected chi connectivity index (χ3v) is 8.27. The first-order valence-electron chi connectivity index (χ1n) is 14.7. The Hall–Kier alpha value is -3.30. The lowest BCUT2D eigenvalue weighted by atomic mass is 9.79. The van der Waals surface area contributed by atoms with E-state index in [1.54, 1.807) is 12.1 Å². The first kappa shape index (κ1) is 31.1. The van der Waals surface area contributed by atoms with Crippen molar-refractivity contribution in [2.45, 2.75) is 38.5 Å². The highest BCUT2D eigenvalue weighted by molar-refractivity contribution is 6.30. The molecule has 2 heterocycles. The van der Waals surface area contributed by atoms with Gasteiger partial charge in [0.05, 0.1) is 24.9 Å². The molecule has 2 unspecified atom stereocenters. The van der Waals surface area contributed by atoms with E-state index in [0.717, 1.165) is 16.7 Å². The fourth-order valence-corrected chi connectivity index (χ4v) is 5.98. The van der Waals surface area contributed by atoms with Gasteiger partial charge in [-0.2, -0.15) is 0 Å². The second kappa shape index (κ2) is 13.6. The average Bonchev–Trinajstić information content (AvgIpc) is 3.39. The number of aliphatic imine (C=N–C) groups is 1. The van der Waals surface area contributed by atoms with Crippen LogP contribution >= 0.6 is 23.2 Å². The Morgan fingerprint density at radius 1 is 1.02 bits per heavy atom. The molecule has 0 radical (unpaired) electrons. The Balaban J connectivity index is 1.65. The number of nitrogens with one attached hydrogen (secondary N) is 1. The molecule has 0 aromatic heterocycles. The first-order valence-corrected chi connectivity index (χ1v) is 15.4. The highest BCUT2D eigenvalue weighted by Crippen LogP contribution is 2.45. The summed E-state index contributed by atoms with van der Waals surface area (Å²) >= 11 is 12.6. The van der Waals surface area contributed by atoms with Gasteiger partial charge in [0, 0.05) is 48.8 Å². The maximum atomic E-state index is 14.9. The van der Waals surface area contributed by atoms with E-state index in [1.165, 1.54) is 0 Å². The summed E-state index contributed by atoms with van der Waals surface area (Å²) in [5, 5.41) is 14.2. The molecule has 8 nitrogen and oxygen atoms in total. The van der Waals surface area contributed by atoms with E-state index in [9.17, 15) is 9.90 Å². The number of halogens is 2. The molecule has 0 aliphatic carbocycles. The number of benzene rings is 3. The molecular formula is C33H38Cl2N4O4. The van der Waals surface area contributed by atoms with Crippen molar-refractivity contribution in [1.82, 2.24) is 15.1 Å². The normalized spacial score (nSPS) is 20.6. The number of ether oxygens (including phenoxy) is 2. The van der Waals surface area contributed by atoms with Crippen LogP contribution in [0.2, 0.25) is 10.0 Å². The number of aliphatic hydroxyl groups excluding tert-OH is 1. The standard InChI is InChI=1S/C33H38Cl2N4O4/c1-4-42-27-13-14-28(29(21-27)43-22(2)3)31-36-30(23-5-9-25(34)10-6-23)33(37-31,24-7-11-26(35)12-8-24)32(41)39-17-15-38(16-18-39)19-20-40/h5-14,21-22,30,40H,4,15-20H2,1-3H3,(H,36,37). The van der Waals surface area contributed by atoms with E-state index in [-0.39, 0.29) is 18.6 Å². The molecule has 1 amide bonds. The van der Waals surface area contributed by atoms with Crippen molar-refractivity contribution in [3.05, 3.63) is 93.5 Å². The molecule has 5 rings (SSSR count). The van der Waals surface area contributed by atoms with Crippen LogP contribution in [0.15, 0.2) is 71.7 Å². The third kappa shape index (κ3) is 6.63. The van der Waals surface area contributed by atoms with Crippen molar-refractivity contribution < 1.29 is 19.4 Å². The number of carbonyl (C=O) groups excluding carboxylic acids is 1. The van der Waals surface area contributed by atoms with Gasteiger partial charge in [0.2, 0.25) is 0 Å². The summed E-state index contributed by atoms with van der Waals surface area (Å²) < 4.78 is 12.0. The minimum atomic E-state index is -1.28. The third-order valence-electron chi connectivity index (χ3n) is 7.76. The largest absolute Gasteiger partial charge is 0.494 e. The van der Waals surface area contributed by atoms with Crippen molar-refractivity contribution in [2.24, 2.45) is 4.99 Å². The van der Waals surface area contributed by atoms with Gasteiger partial charge in [-0.25, -0.2) is 0 Å². The topological polar surface area (TPSA) is 86.6 Å². The summed E-state index contributed by atoms with van der Waals surface area (Å²) in [6.07, 6.45) is -0.0948. The molecule has 3 aromatic carbocycles. The predicted molar refractivity (Wildman–Crippen MR) is 170 cm³/mol. The average molecular weight is 626 g/mol. The number of aliphatic hydroxyl groups is 1. The molecule has 10 heteroatoms. The van der Waals surface area contributed by atoms with Crippen molar-refractivity contribution in [3.63, 3.8) is 0 Å². The number of hydrogen-bond donors (Lipinski definition) is 2. The summed E-state index contributed by atoms with van der Waals surface area (Å²) in [7, 11) is 0. The highest BCUT2D eigenvalue weighted by atomic mass is 35.5. The smallest absolute Gasteiger partial charge is 0.255 e. The number of carbonyl (C=O) groups is 1. The summed E-state index contributed by atoms with van der Waals surface area (Å²) in [5.41, 5.74) is 1.04. The second-order valence-corrected chi connectivity index (χ2v) is 11.9. The van der Waals surface area contributed by atoms with Crippen LogP contribution in [0.4, 0.5) is 0 Å². The Kier molecular flexibility index (Phi) is 9.82. The van der Waals surface area contributed by atoms with Gasteiger partial charge in [-0.1, -0.05) is 47.5 Å². The number of β-amino-alcohol motifs (C(OH)–C–C–N with tert-alkyl or cyclic N) is 1. The van der Waals surface area contributed by atoms with Gasteiger partial charge in [0.15, 0.2) is 5.54 Å². The molecular weight excluding hydrogens is 587 g/mol. The minimum absolute atomic E-state index is 0.0862. The molecule has 3 aromatic rings. The number of nitrogens with zero attached hydrogens (tertiary/aromatic N) is 3. The lowest BCUT2D eigenvalue weighted by Gasteiger charge is -2.42. The van der Waals surface area contributed by atoms with Crippen molar-refractivity contribution in [1.29, 1.82) is 0 Å². The first-order chi connectivity index (χ1) is 20.7. The number of amidine groups is 1. The summed E-state index contributed by atoms with van der Waals surface area (Å²) in [4.78, 5) is 24.2. The second-order valence-electron chi connectivity index (χ2n) is 11.0. The maximum absolute atomic E-state index is 14.9. The molecule has 1 saturated heterocycles. The zero-order valence-electron chi connectivity index (χ0n) is 24.7. The van der Waals surface area contributed by atoms with E-state index < -0.39 is 11.6 Å². The number of rotatable bonds is 10. The van der Waals surface area contributed by atoms with Gasteiger partial charge in [-0.15, -0.1) is 0 Å². The van der Waals surface area contributed by atoms with E-state index in [4.69, 9.17) is 37.7 Å². The number of hydrogen-bond acceptors (Lipinski definition) is 7. The van der Waals surface area contributed by atoms with Crippen LogP contribution in [0.25, 0.3) is 0 Å². The monoisotopic (exact) mass is 624 g/mol. The Morgan fingerprint density at radius 3 is 2.28 bits per heavy atom. The van der Waals surface area contributed by atoms with Crippen molar-refractivity contribution in [3.8, 4) is 11.5 Å². The Labute approximate surface area is 263 Å². The predicted octanol–water partition coefficient (Wildman–Crippen LogP) is 5.30. The summed E-state index contributed by atoms with van der Waals surface area (Å²) in [6.45, 7) is 9.48. The highest BCUT2D eigenvalue weighted by Gasteiger charge is 2.55. The van der Waals surface area contributed by atoms with Gasteiger partial charge in [0.1, 0.15) is 23.4 Å². The minimum Gasteiger partial charge on any atom is -0.494 e. The molecule has 0 bridgehead atoms. The van der Waals surface area contributed by atoms with Gasteiger partial charge in [-0.3, -0.25) is 14.7 Å². The zero-order valence-corrected chi connectivity index (χ0v) is 26.2. The van der Waals surface area contributed by atoms with Crippen molar-refractivity contribution in [2.75, 3.05) is 45.9 Å². The summed E-state index contributed by atoms with van der Waals surface area (Å²) in [6, 6.07) is 19.9. The van der Waals surface area contributed by atoms with Crippen LogP contribution in [0.3, 0.4) is 0 Å². The SMILES string of the molecule is CCOc1ccc(C2=NC(c3ccc(Cl)cc3)C(C(=O)N3CCN(CCO)CC3)(c3ccc(Cl)cc3)N2)c(OC(C)C)c1. The quantitative estimate of drug-likeness (QED) is 0.318.